The number of amides is 4. The number of carbonyl (C=O) groups excluding carboxylic acids is 3. The topological polar surface area (TPSA) is 188 Å². The van der Waals surface area contributed by atoms with Gasteiger partial charge in [-0.3, -0.25) is 14.7 Å². The lowest BCUT2D eigenvalue weighted by atomic mass is 9.96. The SMILES string of the molecule is O=C(N[C@@H](CNC(=O)N1CC[C@H](O)[C@@H](O)C1)C(=O)O)c1c(Cl)cc2c(c1Cl)CCN(C(=O)c1ccc3cn[nH]c3c1)C2. The summed E-state index contributed by atoms with van der Waals surface area (Å²) >= 11 is 13.1. The summed E-state index contributed by atoms with van der Waals surface area (Å²) < 4.78 is 0. The van der Waals surface area contributed by atoms with E-state index in [9.17, 15) is 34.5 Å². The minimum Gasteiger partial charge on any atom is -0.480 e. The molecule has 42 heavy (non-hydrogen) atoms. The zero-order valence-electron chi connectivity index (χ0n) is 22.1. The molecule has 222 valence electrons. The molecule has 0 bridgehead atoms. The quantitative estimate of drug-likeness (QED) is 0.239. The van der Waals surface area contributed by atoms with Crippen molar-refractivity contribution in [2.75, 3.05) is 26.2 Å². The number of nitrogens with zero attached hydrogens (tertiary/aromatic N) is 3. The number of likely N-dealkylation sites (tertiary alicyclic amines) is 1. The van der Waals surface area contributed by atoms with Gasteiger partial charge in [-0.1, -0.05) is 29.3 Å². The van der Waals surface area contributed by atoms with E-state index in [1.165, 1.54) is 4.90 Å². The number of hydrogen-bond acceptors (Lipinski definition) is 7. The van der Waals surface area contributed by atoms with Crippen LogP contribution in [0.3, 0.4) is 0 Å². The van der Waals surface area contributed by atoms with Gasteiger partial charge in [0.15, 0.2) is 0 Å². The first-order chi connectivity index (χ1) is 20.0. The fourth-order valence-corrected chi connectivity index (χ4v) is 5.89. The zero-order valence-corrected chi connectivity index (χ0v) is 23.7. The van der Waals surface area contributed by atoms with E-state index in [4.69, 9.17) is 23.2 Å². The molecular formula is C27H28Cl2N6O7. The lowest BCUT2D eigenvalue weighted by Crippen LogP contribution is -2.55. The van der Waals surface area contributed by atoms with Crippen molar-refractivity contribution in [3.63, 3.8) is 0 Å². The van der Waals surface area contributed by atoms with Crippen molar-refractivity contribution in [3.05, 3.63) is 62.8 Å². The molecule has 0 saturated carbocycles. The van der Waals surface area contributed by atoms with Crippen molar-refractivity contribution >= 4 is 57.9 Å². The normalized spacial score (nSPS) is 19.2. The van der Waals surface area contributed by atoms with Gasteiger partial charge in [0.25, 0.3) is 11.8 Å². The van der Waals surface area contributed by atoms with Crippen molar-refractivity contribution < 1.29 is 34.5 Å². The van der Waals surface area contributed by atoms with Crippen LogP contribution in [0, 0.1) is 0 Å². The Bertz CT molecular complexity index is 1560. The number of aliphatic hydroxyl groups is 2. The first kappa shape index (κ1) is 29.6. The molecular weight excluding hydrogens is 591 g/mol. The number of aromatic amines is 1. The maximum absolute atomic E-state index is 13.2. The Kier molecular flexibility index (Phi) is 8.55. The van der Waals surface area contributed by atoms with Crippen LogP contribution < -0.4 is 10.6 Å². The molecule has 0 spiro atoms. The van der Waals surface area contributed by atoms with Crippen molar-refractivity contribution in [3.8, 4) is 0 Å². The number of aliphatic hydroxyl groups excluding tert-OH is 2. The molecule has 1 fully saturated rings. The predicted molar refractivity (Wildman–Crippen MR) is 151 cm³/mol. The number of fused-ring (bicyclic) bond motifs is 2. The molecule has 0 aliphatic carbocycles. The molecule has 3 heterocycles. The average molecular weight is 619 g/mol. The number of urea groups is 1. The van der Waals surface area contributed by atoms with Gasteiger partial charge >= 0.3 is 12.0 Å². The number of rotatable bonds is 6. The number of halogens is 2. The summed E-state index contributed by atoms with van der Waals surface area (Å²) in [7, 11) is 0. The third-order valence-corrected chi connectivity index (χ3v) is 8.22. The number of nitrogens with one attached hydrogen (secondary N) is 3. The molecule has 3 atom stereocenters. The van der Waals surface area contributed by atoms with E-state index >= 15 is 0 Å². The van der Waals surface area contributed by atoms with Gasteiger partial charge in [0, 0.05) is 30.6 Å². The highest BCUT2D eigenvalue weighted by Crippen LogP contribution is 2.35. The summed E-state index contributed by atoms with van der Waals surface area (Å²) in [6.45, 7) is 0.164. The van der Waals surface area contributed by atoms with Crippen LogP contribution in [0.15, 0.2) is 30.5 Å². The molecule has 0 radical (unpaired) electrons. The number of hydrogen-bond donors (Lipinski definition) is 6. The number of β-amino-alcohol motifs (C(OH)–C–C–N with tert-alkyl or cyclic N) is 1. The van der Waals surface area contributed by atoms with Crippen molar-refractivity contribution in [2.24, 2.45) is 0 Å². The number of H-pyrrole nitrogens is 1. The number of aromatic nitrogens is 2. The third kappa shape index (κ3) is 6.00. The van der Waals surface area contributed by atoms with Gasteiger partial charge in [0.2, 0.25) is 0 Å². The van der Waals surface area contributed by atoms with Crippen molar-refractivity contribution in [1.82, 2.24) is 30.6 Å². The van der Waals surface area contributed by atoms with E-state index in [0.29, 0.717) is 29.7 Å². The Morgan fingerprint density at radius 2 is 1.88 bits per heavy atom. The van der Waals surface area contributed by atoms with Gasteiger partial charge in [0.1, 0.15) is 6.04 Å². The van der Waals surface area contributed by atoms with Gasteiger partial charge in [-0.25, -0.2) is 9.59 Å². The van der Waals surface area contributed by atoms with Gasteiger partial charge in [-0.15, -0.1) is 0 Å². The molecule has 2 aliphatic heterocycles. The highest BCUT2D eigenvalue weighted by atomic mass is 35.5. The lowest BCUT2D eigenvalue weighted by molar-refractivity contribution is -0.139. The molecule has 6 N–H and O–H groups in total. The van der Waals surface area contributed by atoms with Crippen LogP contribution in [0.1, 0.15) is 38.3 Å². The maximum atomic E-state index is 13.2. The first-order valence-corrected chi connectivity index (χ1v) is 13.9. The van der Waals surface area contributed by atoms with Crippen molar-refractivity contribution in [2.45, 2.75) is 37.6 Å². The summed E-state index contributed by atoms with van der Waals surface area (Å²) in [4.78, 5) is 53.6. The molecule has 4 amide bonds. The number of carboxylic acids is 1. The monoisotopic (exact) mass is 618 g/mol. The zero-order chi connectivity index (χ0) is 30.1. The van der Waals surface area contributed by atoms with Crippen LogP contribution in [0.25, 0.3) is 10.9 Å². The van der Waals surface area contributed by atoms with Crippen LogP contribution in [-0.2, 0) is 17.8 Å². The molecule has 0 unspecified atom stereocenters. The minimum absolute atomic E-state index is 0.0153. The summed E-state index contributed by atoms with van der Waals surface area (Å²) in [5.74, 6) is -2.42. The number of carbonyl (C=O) groups is 4. The van der Waals surface area contributed by atoms with E-state index in [0.717, 1.165) is 10.9 Å². The lowest BCUT2D eigenvalue weighted by Gasteiger charge is -2.33. The second kappa shape index (κ2) is 12.1. The van der Waals surface area contributed by atoms with E-state index < -0.39 is 42.7 Å². The van der Waals surface area contributed by atoms with Gasteiger partial charge in [-0.2, -0.15) is 5.10 Å². The Balaban J connectivity index is 1.26. The Morgan fingerprint density at radius 3 is 2.62 bits per heavy atom. The highest BCUT2D eigenvalue weighted by Gasteiger charge is 2.32. The molecule has 13 nitrogen and oxygen atoms in total. The fourth-order valence-electron chi connectivity index (χ4n) is 5.12. The Hall–Kier alpha value is -3.91. The maximum Gasteiger partial charge on any atom is 0.328 e. The van der Waals surface area contributed by atoms with E-state index in [2.05, 4.69) is 20.8 Å². The average Bonchev–Trinajstić information content (AvgIpc) is 3.43. The van der Waals surface area contributed by atoms with Gasteiger partial charge in [-0.05, 0) is 42.2 Å². The fraction of sp³-hybridized carbons (Fsp3) is 0.370. The largest absolute Gasteiger partial charge is 0.480 e. The summed E-state index contributed by atoms with van der Waals surface area (Å²) in [6.07, 6.45) is 0.146. The van der Waals surface area contributed by atoms with E-state index in [1.54, 1.807) is 29.3 Å². The number of carboxylic acid groups (broad SMARTS) is 1. The van der Waals surface area contributed by atoms with Crippen LogP contribution in [-0.4, -0.2) is 104 Å². The molecule has 2 aromatic carbocycles. The van der Waals surface area contributed by atoms with Crippen molar-refractivity contribution in [1.29, 1.82) is 0 Å². The van der Waals surface area contributed by atoms with Crippen LogP contribution in [0.5, 0.6) is 0 Å². The summed E-state index contributed by atoms with van der Waals surface area (Å²) in [5, 5.41) is 41.6. The molecule has 3 aromatic rings. The standard InChI is InChI=1S/C27H28Cl2N6O7/c28-17-7-15-11-34(25(39)13-1-2-14-9-31-33-18(14)8-13)5-3-16(15)23(29)22(17)24(38)32-19(26(40)41)10-30-27(42)35-6-4-20(36)21(37)12-35/h1-2,7-9,19-21,36-37H,3-6,10-12H2,(H,30,42)(H,31,33)(H,32,38)(H,40,41)/t19-,20-,21-/m0/s1. The van der Waals surface area contributed by atoms with Crippen LogP contribution in [0.2, 0.25) is 10.0 Å². The molecule has 1 saturated heterocycles. The summed E-state index contributed by atoms with van der Waals surface area (Å²) in [6, 6.07) is 4.66. The van der Waals surface area contributed by atoms with Crippen LogP contribution >= 0.6 is 23.2 Å². The molecule has 5 rings (SSSR count). The molecule has 2 aliphatic rings. The smallest absolute Gasteiger partial charge is 0.328 e. The second-order valence-corrected chi connectivity index (χ2v) is 11.0. The highest BCUT2D eigenvalue weighted by molar-refractivity contribution is 6.40. The van der Waals surface area contributed by atoms with E-state index in [-0.39, 0.29) is 47.6 Å². The number of aliphatic carboxylic acids is 1. The van der Waals surface area contributed by atoms with Crippen LogP contribution in [0.4, 0.5) is 4.79 Å². The Labute approximate surface area is 249 Å². The second-order valence-electron chi connectivity index (χ2n) is 10.3. The third-order valence-electron chi connectivity index (χ3n) is 7.50. The Morgan fingerprint density at radius 1 is 1.10 bits per heavy atom. The molecule has 15 heteroatoms. The number of benzene rings is 2. The van der Waals surface area contributed by atoms with Gasteiger partial charge in [0.05, 0.1) is 52.6 Å². The summed E-state index contributed by atoms with van der Waals surface area (Å²) in [5.41, 5.74) is 2.42. The predicted octanol–water partition coefficient (Wildman–Crippen LogP) is 1.39. The molecule has 1 aromatic heterocycles. The first-order valence-electron chi connectivity index (χ1n) is 13.2. The van der Waals surface area contributed by atoms with Gasteiger partial charge < -0.3 is 35.8 Å². The van der Waals surface area contributed by atoms with E-state index in [1.807, 2.05) is 6.07 Å². The number of piperidine rings is 1. The minimum atomic E-state index is -1.51.